The van der Waals surface area contributed by atoms with E-state index in [9.17, 15) is 19.2 Å². The molecule has 5 amide bonds. The van der Waals surface area contributed by atoms with E-state index < -0.39 is 23.8 Å². The Balaban J connectivity index is 1.26. The van der Waals surface area contributed by atoms with Crippen LogP contribution in [0.3, 0.4) is 0 Å². The van der Waals surface area contributed by atoms with Crippen molar-refractivity contribution in [1.29, 1.82) is 0 Å². The summed E-state index contributed by atoms with van der Waals surface area (Å²) in [7, 11) is 0. The minimum Gasteiger partial charge on any atom is -0.366 e. The number of imide groups is 2. The van der Waals surface area contributed by atoms with Crippen LogP contribution < -0.4 is 10.2 Å². The number of urea groups is 1. The van der Waals surface area contributed by atoms with Gasteiger partial charge in [0.1, 0.15) is 5.02 Å². The highest BCUT2D eigenvalue weighted by atomic mass is 35.5. The first-order valence-electron chi connectivity index (χ1n) is 10.6. The van der Waals surface area contributed by atoms with Crippen molar-refractivity contribution in [3.05, 3.63) is 51.3 Å². The number of benzene rings is 1. The summed E-state index contributed by atoms with van der Waals surface area (Å²) < 4.78 is 0. The Morgan fingerprint density at radius 3 is 2.41 bits per heavy atom. The second-order valence-electron chi connectivity index (χ2n) is 8.13. The molecule has 0 aliphatic carbocycles. The van der Waals surface area contributed by atoms with Crippen molar-refractivity contribution in [3.8, 4) is 0 Å². The van der Waals surface area contributed by atoms with Gasteiger partial charge in [-0.25, -0.2) is 9.80 Å². The Morgan fingerprint density at radius 2 is 1.68 bits per heavy atom. The van der Waals surface area contributed by atoms with E-state index in [2.05, 4.69) is 25.3 Å². The quantitative estimate of drug-likeness (QED) is 0.624. The van der Waals surface area contributed by atoms with Gasteiger partial charge in [-0.05, 0) is 17.7 Å². The molecule has 1 aromatic heterocycles. The number of nitrogens with zero attached hydrogens (tertiary/aromatic N) is 6. The number of carbonyl (C=O) groups is 4. The van der Waals surface area contributed by atoms with Gasteiger partial charge >= 0.3 is 6.03 Å². The van der Waals surface area contributed by atoms with Crippen LogP contribution in [0.4, 0.5) is 10.5 Å². The molecule has 0 unspecified atom stereocenters. The summed E-state index contributed by atoms with van der Waals surface area (Å²) in [6, 6.07) is 4.33. The molecule has 13 heteroatoms. The summed E-state index contributed by atoms with van der Waals surface area (Å²) in [5.41, 5.74) is 2.10. The fourth-order valence-electron chi connectivity index (χ4n) is 4.31. The van der Waals surface area contributed by atoms with Crippen molar-refractivity contribution >= 4 is 52.6 Å². The van der Waals surface area contributed by atoms with Crippen LogP contribution in [0.1, 0.15) is 32.7 Å². The van der Waals surface area contributed by atoms with Crippen LogP contribution in [0.15, 0.2) is 24.4 Å². The van der Waals surface area contributed by atoms with Gasteiger partial charge in [0.15, 0.2) is 5.15 Å². The Kier molecular flexibility index (Phi) is 5.84. The first kappa shape index (κ1) is 22.5. The maximum Gasteiger partial charge on any atom is 0.343 e. The van der Waals surface area contributed by atoms with Gasteiger partial charge < -0.3 is 4.90 Å². The lowest BCUT2D eigenvalue weighted by Gasteiger charge is -2.36. The minimum atomic E-state index is -0.783. The van der Waals surface area contributed by atoms with Crippen molar-refractivity contribution in [2.24, 2.45) is 0 Å². The zero-order valence-corrected chi connectivity index (χ0v) is 19.3. The molecule has 2 fully saturated rings. The highest BCUT2D eigenvalue weighted by Gasteiger charge is 2.43. The number of hydrogen-bond acceptors (Lipinski definition) is 8. The molecule has 2 aromatic rings. The number of halogens is 2. The number of amides is 5. The predicted molar refractivity (Wildman–Crippen MR) is 121 cm³/mol. The van der Waals surface area contributed by atoms with Gasteiger partial charge in [-0.3, -0.25) is 24.6 Å². The maximum absolute atomic E-state index is 13.0. The normalized spacial score (nSPS) is 19.1. The zero-order valence-electron chi connectivity index (χ0n) is 17.8. The molecule has 11 nitrogen and oxygen atoms in total. The Bertz CT molecular complexity index is 1220. The molecule has 3 aliphatic heterocycles. The molecule has 0 atom stereocenters. The van der Waals surface area contributed by atoms with Crippen LogP contribution in [0.5, 0.6) is 0 Å². The van der Waals surface area contributed by atoms with Crippen molar-refractivity contribution in [2.75, 3.05) is 37.6 Å². The molecule has 3 aliphatic rings. The second-order valence-corrected chi connectivity index (χ2v) is 8.86. The van der Waals surface area contributed by atoms with Gasteiger partial charge in [-0.2, -0.15) is 10.1 Å². The molecule has 4 heterocycles. The Labute approximate surface area is 204 Å². The lowest BCUT2D eigenvalue weighted by Crippen LogP contribution is -2.58. The molecule has 0 radical (unpaired) electrons. The molecular formula is C21H19Cl2N7O4. The third kappa shape index (κ3) is 3.95. The monoisotopic (exact) mass is 503 g/mol. The fourth-order valence-corrected chi connectivity index (χ4v) is 4.65. The number of rotatable bonds is 4. The van der Waals surface area contributed by atoms with Crippen LogP contribution >= 0.6 is 23.2 Å². The van der Waals surface area contributed by atoms with E-state index in [0.29, 0.717) is 24.7 Å². The summed E-state index contributed by atoms with van der Waals surface area (Å²) >= 11 is 12.2. The number of nitrogens with one attached hydrogen (secondary N) is 1. The average molecular weight is 504 g/mol. The Morgan fingerprint density at radius 1 is 0.941 bits per heavy atom. The molecule has 34 heavy (non-hydrogen) atoms. The minimum absolute atomic E-state index is 0.0172. The van der Waals surface area contributed by atoms with Crippen molar-refractivity contribution in [2.45, 2.75) is 13.0 Å². The fraction of sp³-hybridized carbons (Fsp3) is 0.333. The van der Waals surface area contributed by atoms with Crippen LogP contribution in [-0.2, 0) is 11.3 Å². The van der Waals surface area contributed by atoms with Crippen LogP contribution in [-0.4, -0.2) is 81.6 Å². The van der Waals surface area contributed by atoms with Gasteiger partial charge in [-0.1, -0.05) is 29.3 Å². The van der Waals surface area contributed by atoms with Gasteiger partial charge in [-0.15, -0.1) is 5.10 Å². The molecule has 0 saturated carbocycles. The predicted octanol–water partition coefficient (Wildman–Crippen LogP) is 1.56. The largest absolute Gasteiger partial charge is 0.366 e. The number of hydrazine groups is 1. The number of fused-ring (bicyclic) bond motifs is 1. The molecule has 5 rings (SSSR count). The Hall–Kier alpha value is -3.28. The topological polar surface area (TPSA) is 119 Å². The smallest absolute Gasteiger partial charge is 0.343 e. The first-order chi connectivity index (χ1) is 16.3. The van der Waals surface area contributed by atoms with E-state index in [1.54, 1.807) is 18.3 Å². The number of hydrogen-bond donors (Lipinski definition) is 1. The zero-order chi connectivity index (χ0) is 24.0. The highest BCUT2D eigenvalue weighted by Crippen LogP contribution is 2.31. The molecule has 0 bridgehead atoms. The maximum atomic E-state index is 13.0. The summed E-state index contributed by atoms with van der Waals surface area (Å²) in [5, 5.41) is 12.1. The van der Waals surface area contributed by atoms with E-state index in [-0.39, 0.29) is 29.2 Å². The summed E-state index contributed by atoms with van der Waals surface area (Å²) in [4.78, 5) is 53.7. The molecule has 1 N–H and O–H groups in total. The average Bonchev–Trinajstić information content (AvgIpc) is 3.06. The third-order valence-corrected chi connectivity index (χ3v) is 6.79. The van der Waals surface area contributed by atoms with Crippen LogP contribution in [0, 0.1) is 0 Å². The number of piperazine rings is 1. The second kappa shape index (κ2) is 8.82. The molecule has 2 saturated heterocycles. The first-order valence-corrected chi connectivity index (χ1v) is 11.4. The molecule has 1 aromatic carbocycles. The van der Waals surface area contributed by atoms with E-state index >= 15 is 0 Å². The highest BCUT2D eigenvalue weighted by molar-refractivity contribution is 6.42. The third-order valence-electron chi connectivity index (χ3n) is 6.05. The molecule has 0 spiro atoms. The van der Waals surface area contributed by atoms with Crippen molar-refractivity contribution in [1.82, 2.24) is 30.4 Å². The molecular weight excluding hydrogens is 485 g/mol. The van der Waals surface area contributed by atoms with Crippen molar-refractivity contribution < 1.29 is 19.2 Å². The number of carbonyl (C=O) groups excluding carboxylic acids is 4. The van der Waals surface area contributed by atoms with Gasteiger partial charge in [0.2, 0.25) is 5.91 Å². The van der Waals surface area contributed by atoms with Crippen molar-refractivity contribution in [3.63, 3.8) is 0 Å². The lowest BCUT2D eigenvalue weighted by atomic mass is 10.1. The van der Waals surface area contributed by atoms with E-state index in [1.165, 1.54) is 0 Å². The molecule has 176 valence electrons. The van der Waals surface area contributed by atoms with Crippen LogP contribution in [0.2, 0.25) is 10.2 Å². The van der Waals surface area contributed by atoms with E-state index in [4.69, 9.17) is 23.2 Å². The summed E-state index contributed by atoms with van der Waals surface area (Å²) in [6.45, 7) is 3.46. The van der Waals surface area contributed by atoms with Crippen LogP contribution in [0.25, 0.3) is 0 Å². The van der Waals surface area contributed by atoms with Gasteiger partial charge in [0.25, 0.3) is 11.8 Å². The van der Waals surface area contributed by atoms with E-state index in [0.717, 1.165) is 34.4 Å². The standard InChI is InChI=1S/C21H19Cl2N7O4/c22-17-15(10-24-26-18(17)23)28-7-5-27(6-8-28)11-12-1-2-13-14(9-12)20(33)30(19(13)32)29-4-3-16(31)25-21(29)34/h1-2,9-10H,3-8,11H2,(H,25,31,34). The summed E-state index contributed by atoms with van der Waals surface area (Å²) in [5.74, 6) is -1.59. The number of aromatic nitrogens is 2. The van der Waals surface area contributed by atoms with Gasteiger partial charge in [0.05, 0.1) is 29.6 Å². The van der Waals surface area contributed by atoms with E-state index in [1.807, 2.05) is 6.07 Å². The summed E-state index contributed by atoms with van der Waals surface area (Å²) in [6.07, 6.45) is 1.61. The van der Waals surface area contributed by atoms with Gasteiger partial charge in [0, 0.05) is 39.1 Å². The lowest BCUT2D eigenvalue weighted by molar-refractivity contribution is -0.122. The number of anilines is 1. The SMILES string of the molecule is O=C1CCN(N2C(=O)c3ccc(CN4CCN(c5cnnc(Cl)c5Cl)CC4)cc3C2=O)C(=O)N1.